The van der Waals surface area contributed by atoms with Gasteiger partial charge in [-0.3, -0.25) is 9.59 Å². The molecule has 1 aliphatic heterocycles. The van der Waals surface area contributed by atoms with E-state index in [1.54, 1.807) is 4.90 Å². The molecule has 2 aromatic carbocycles. The number of benzene rings is 2. The van der Waals surface area contributed by atoms with Gasteiger partial charge >= 0.3 is 5.97 Å². The zero-order chi connectivity index (χ0) is 24.0. The van der Waals surface area contributed by atoms with Crippen LogP contribution in [-0.4, -0.2) is 40.0 Å². The van der Waals surface area contributed by atoms with E-state index in [1.807, 2.05) is 18.2 Å². The third kappa shape index (κ3) is 3.67. The summed E-state index contributed by atoms with van der Waals surface area (Å²) in [6.45, 7) is 5.26. The number of carbonyl (C=O) groups excluding carboxylic acids is 1. The van der Waals surface area contributed by atoms with E-state index >= 15 is 0 Å². The van der Waals surface area contributed by atoms with Crippen LogP contribution in [0.15, 0.2) is 60.8 Å². The number of rotatable bonds is 4. The van der Waals surface area contributed by atoms with Crippen molar-refractivity contribution in [2.75, 3.05) is 13.1 Å². The normalized spacial score (nSPS) is 21.3. The Hall–Kier alpha value is -3.54. The lowest BCUT2D eigenvalue weighted by molar-refractivity contribution is -0.139. The van der Waals surface area contributed by atoms with Crippen LogP contribution in [0.4, 0.5) is 4.39 Å². The highest BCUT2D eigenvalue weighted by Crippen LogP contribution is 2.52. The Labute approximate surface area is 198 Å². The molecule has 2 heterocycles. The average molecular weight is 459 g/mol. The van der Waals surface area contributed by atoms with Gasteiger partial charge in [0, 0.05) is 18.5 Å². The molecule has 1 spiro atoms. The molecule has 1 fully saturated rings. The predicted molar refractivity (Wildman–Crippen MR) is 127 cm³/mol. The highest BCUT2D eigenvalue weighted by Gasteiger charge is 2.51. The van der Waals surface area contributed by atoms with Gasteiger partial charge in [-0.1, -0.05) is 50.2 Å². The maximum Gasteiger partial charge on any atom is 0.311 e. The average Bonchev–Trinajstić information content (AvgIpc) is 3.41. The quantitative estimate of drug-likeness (QED) is 0.571. The lowest BCUT2D eigenvalue weighted by atomic mass is 9.80. The van der Waals surface area contributed by atoms with Crippen molar-refractivity contribution in [1.29, 1.82) is 0 Å². The lowest BCUT2D eigenvalue weighted by Crippen LogP contribution is -2.34. The molecule has 3 aromatic rings. The van der Waals surface area contributed by atoms with Crippen molar-refractivity contribution in [2.45, 2.75) is 43.9 Å². The van der Waals surface area contributed by atoms with Gasteiger partial charge in [0.2, 0.25) is 0 Å². The van der Waals surface area contributed by atoms with E-state index in [4.69, 9.17) is 0 Å². The summed E-state index contributed by atoms with van der Waals surface area (Å²) in [6.07, 6.45) is 2.20. The van der Waals surface area contributed by atoms with Crippen molar-refractivity contribution in [3.63, 3.8) is 0 Å². The summed E-state index contributed by atoms with van der Waals surface area (Å²) in [6, 6.07) is 17.0. The summed E-state index contributed by atoms with van der Waals surface area (Å²) in [4.78, 5) is 30.9. The molecule has 5 rings (SSSR count). The van der Waals surface area contributed by atoms with Crippen LogP contribution in [0.1, 0.15) is 65.7 Å². The van der Waals surface area contributed by atoms with Crippen LogP contribution < -0.4 is 0 Å². The molecule has 2 atom stereocenters. The summed E-state index contributed by atoms with van der Waals surface area (Å²) < 4.78 is 13.2. The van der Waals surface area contributed by atoms with Crippen LogP contribution in [0.2, 0.25) is 0 Å². The minimum Gasteiger partial charge on any atom is -0.481 e. The minimum absolute atomic E-state index is 0.201. The van der Waals surface area contributed by atoms with Gasteiger partial charge in [-0.2, -0.15) is 0 Å². The number of halogens is 1. The molecule has 1 amide bonds. The molecule has 174 valence electrons. The summed E-state index contributed by atoms with van der Waals surface area (Å²) >= 11 is 0. The van der Waals surface area contributed by atoms with Crippen molar-refractivity contribution >= 4 is 11.9 Å². The number of carbonyl (C=O) groups is 2. The summed E-state index contributed by atoms with van der Waals surface area (Å²) in [7, 11) is 0. The van der Waals surface area contributed by atoms with Crippen molar-refractivity contribution in [3.05, 3.63) is 89.0 Å². The van der Waals surface area contributed by atoms with Gasteiger partial charge in [0.05, 0.1) is 12.1 Å². The molecule has 6 heteroatoms. The molecule has 1 aliphatic carbocycles. The first-order valence-electron chi connectivity index (χ1n) is 11.7. The summed E-state index contributed by atoms with van der Waals surface area (Å²) in [5.41, 5.74) is 5.04. The number of aliphatic carboxylic acids is 1. The van der Waals surface area contributed by atoms with Crippen LogP contribution in [0.25, 0.3) is 11.1 Å². The minimum atomic E-state index is -0.836. The second-order valence-corrected chi connectivity index (χ2v) is 9.76. The van der Waals surface area contributed by atoms with Gasteiger partial charge in [0.25, 0.3) is 5.91 Å². The van der Waals surface area contributed by atoms with Gasteiger partial charge in [0.15, 0.2) is 0 Å². The van der Waals surface area contributed by atoms with Gasteiger partial charge in [-0.15, -0.1) is 0 Å². The van der Waals surface area contributed by atoms with Crippen LogP contribution in [-0.2, 0) is 10.2 Å². The number of hydrogen-bond donors (Lipinski definition) is 1. The van der Waals surface area contributed by atoms with Crippen molar-refractivity contribution < 1.29 is 19.1 Å². The van der Waals surface area contributed by atoms with E-state index in [-0.39, 0.29) is 11.6 Å². The van der Waals surface area contributed by atoms with E-state index in [9.17, 15) is 19.1 Å². The molecule has 1 saturated heterocycles. The van der Waals surface area contributed by atoms with Crippen LogP contribution in [0, 0.1) is 5.82 Å². The molecular weight excluding hydrogens is 431 g/mol. The zero-order valence-electron chi connectivity index (χ0n) is 19.3. The fraction of sp³-hybridized carbons (Fsp3) is 0.321. The number of amides is 1. The molecule has 1 N–H and O–H groups in total. The van der Waals surface area contributed by atoms with E-state index in [1.165, 1.54) is 17.7 Å². The number of carboxylic acid groups (broad SMARTS) is 1. The summed E-state index contributed by atoms with van der Waals surface area (Å²) in [5, 5.41) is 10.1. The molecular formula is C28H27FN2O3. The Balaban J connectivity index is 1.50. The van der Waals surface area contributed by atoms with E-state index in [0.29, 0.717) is 31.8 Å². The smallest absolute Gasteiger partial charge is 0.311 e. The Morgan fingerprint density at radius 3 is 2.65 bits per heavy atom. The Kier molecular flexibility index (Phi) is 5.47. The lowest BCUT2D eigenvalue weighted by Gasteiger charge is -2.26. The number of carboxylic acids is 1. The highest BCUT2D eigenvalue weighted by atomic mass is 19.1. The van der Waals surface area contributed by atoms with E-state index < -0.39 is 23.1 Å². The monoisotopic (exact) mass is 458 g/mol. The molecule has 5 nitrogen and oxygen atoms in total. The number of nitrogens with zero attached hydrogens (tertiary/aromatic N) is 2. The Bertz CT molecular complexity index is 1270. The predicted octanol–water partition coefficient (Wildman–Crippen LogP) is 5.37. The first-order chi connectivity index (χ1) is 16.3. The maximum absolute atomic E-state index is 13.2. The maximum atomic E-state index is 13.2. The molecule has 0 radical (unpaired) electrons. The number of likely N-dealkylation sites (tertiary alicyclic amines) is 1. The fourth-order valence-corrected chi connectivity index (χ4v) is 5.69. The molecule has 2 aliphatic rings. The Morgan fingerprint density at radius 2 is 1.94 bits per heavy atom. The standard InChI is InChI=1S/C28H27FN2O3/c1-17(2)20-5-3-4-6-21(20)18-7-9-24-22(13-18)23(27(33)34)14-28(24)11-12-31(16-28)26(32)25-10-8-19(29)15-30-25/h3-10,13,15,17,23H,11-12,14,16H2,1-2H3,(H,33,34). The van der Waals surface area contributed by atoms with Gasteiger partial charge < -0.3 is 10.0 Å². The number of hydrogen-bond acceptors (Lipinski definition) is 3. The third-order valence-electron chi connectivity index (χ3n) is 7.37. The van der Waals surface area contributed by atoms with Crippen LogP contribution in [0.3, 0.4) is 0 Å². The van der Waals surface area contributed by atoms with Gasteiger partial charge in [-0.05, 0) is 64.8 Å². The van der Waals surface area contributed by atoms with Crippen molar-refractivity contribution in [1.82, 2.24) is 9.88 Å². The number of pyridine rings is 1. The van der Waals surface area contributed by atoms with Gasteiger partial charge in [0.1, 0.15) is 11.5 Å². The molecule has 2 unspecified atom stereocenters. The highest BCUT2D eigenvalue weighted by molar-refractivity contribution is 5.92. The van der Waals surface area contributed by atoms with Crippen molar-refractivity contribution in [2.24, 2.45) is 0 Å². The molecule has 0 bridgehead atoms. The summed E-state index contributed by atoms with van der Waals surface area (Å²) in [5.74, 6) is -1.84. The van der Waals surface area contributed by atoms with Crippen LogP contribution >= 0.6 is 0 Å². The first-order valence-corrected chi connectivity index (χ1v) is 11.7. The number of aromatic nitrogens is 1. The van der Waals surface area contributed by atoms with E-state index in [2.05, 4.69) is 43.1 Å². The second-order valence-electron chi connectivity index (χ2n) is 9.76. The van der Waals surface area contributed by atoms with E-state index in [0.717, 1.165) is 28.5 Å². The topological polar surface area (TPSA) is 70.5 Å². The first kappa shape index (κ1) is 22.3. The number of fused-ring (bicyclic) bond motifs is 2. The molecule has 34 heavy (non-hydrogen) atoms. The Morgan fingerprint density at radius 1 is 1.15 bits per heavy atom. The zero-order valence-corrected chi connectivity index (χ0v) is 19.3. The van der Waals surface area contributed by atoms with Gasteiger partial charge in [-0.25, -0.2) is 9.37 Å². The van der Waals surface area contributed by atoms with Crippen molar-refractivity contribution in [3.8, 4) is 11.1 Å². The second kappa shape index (κ2) is 8.35. The molecule has 1 aromatic heterocycles. The SMILES string of the molecule is CC(C)c1ccccc1-c1ccc2c(c1)C(C(=O)O)CC21CCN(C(=O)c2ccc(F)cn2)C1. The molecule has 0 saturated carbocycles. The largest absolute Gasteiger partial charge is 0.481 e. The third-order valence-corrected chi connectivity index (χ3v) is 7.37. The fourth-order valence-electron chi connectivity index (χ4n) is 5.69. The van der Waals surface area contributed by atoms with Crippen LogP contribution in [0.5, 0.6) is 0 Å².